The van der Waals surface area contributed by atoms with Crippen molar-refractivity contribution in [1.82, 2.24) is 4.90 Å². The predicted molar refractivity (Wildman–Crippen MR) is 76.1 cm³/mol. The van der Waals surface area contributed by atoms with Crippen LogP contribution in [0, 0.1) is 5.41 Å². The van der Waals surface area contributed by atoms with E-state index >= 15 is 0 Å². The van der Waals surface area contributed by atoms with Gasteiger partial charge in [0.15, 0.2) is 0 Å². The van der Waals surface area contributed by atoms with E-state index in [9.17, 15) is 4.79 Å². The SMILES string of the molecule is COc1ccc(C2CCCN2C(=O)C(C)(C)C)cc1. The van der Waals surface area contributed by atoms with Gasteiger partial charge in [0.05, 0.1) is 13.2 Å². The first kappa shape index (κ1) is 13.9. The molecule has 1 fully saturated rings. The van der Waals surface area contributed by atoms with Gasteiger partial charge in [-0.15, -0.1) is 0 Å². The van der Waals surface area contributed by atoms with Gasteiger partial charge >= 0.3 is 0 Å². The molecule has 0 aliphatic carbocycles. The van der Waals surface area contributed by atoms with E-state index in [1.807, 2.05) is 37.8 Å². The van der Waals surface area contributed by atoms with Crippen LogP contribution in [0.2, 0.25) is 0 Å². The van der Waals surface area contributed by atoms with Crippen molar-refractivity contribution in [2.75, 3.05) is 13.7 Å². The Kier molecular flexibility index (Phi) is 3.83. The Morgan fingerprint density at radius 2 is 1.89 bits per heavy atom. The molecule has 1 saturated heterocycles. The van der Waals surface area contributed by atoms with Crippen molar-refractivity contribution in [3.05, 3.63) is 29.8 Å². The molecule has 0 radical (unpaired) electrons. The van der Waals surface area contributed by atoms with Crippen LogP contribution in [0.3, 0.4) is 0 Å². The fraction of sp³-hybridized carbons (Fsp3) is 0.562. The van der Waals surface area contributed by atoms with Gasteiger partial charge in [-0.1, -0.05) is 32.9 Å². The van der Waals surface area contributed by atoms with Crippen molar-refractivity contribution in [3.63, 3.8) is 0 Å². The molecule has 1 aromatic carbocycles. The van der Waals surface area contributed by atoms with Crippen LogP contribution in [0.25, 0.3) is 0 Å². The maximum atomic E-state index is 12.5. The van der Waals surface area contributed by atoms with E-state index < -0.39 is 0 Å². The smallest absolute Gasteiger partial charge is 0.228 e. The van der Waals surface area contributed by atoms with Crippen LogP contribution in [0.4, 0.5) is 0 Å². The summed E-state index contributed by atoms with van der Waals surface area (Å²) in [4.78, 5) is 14.5. The van der Waals surface area contributed by atoms with E-state index in [-0.39, 0.29) is 17.4 Å². The quantitative estimate of drug-likeness (QED) is 0.816. The zero-order valence-electron chi connectivity index (χ0n) is 12.3. The molecule has 0 bridgehead atoms. The topological polar surface area (TPSA) is 29.5 Å². The van der Waals surface area contributed by atoms with E-state index in [0.29, 0.717) is 0 Å². The maximum Gasteiger partial charge on any atom is 0.228 e. The van der Waals surface area contributed by atoms with Crippen LogP contribution in [-0.4, -0.2) is 24.5 Å². The van der Waals surface area contributed by atoms with Crippen molar-refractivity contribution < 1.29 is 9.53 Å². The molecular weight excluding hydrogens is 238 g/mol. The summed E-state index contributed by atoms with van der Waals surface area (Å²) in [5.74, 6) is 1.10. The lowest BCUT2D eigenvalue weighted by molar-refractivity contribution is -0.140. The third-order valence-electron chi connectivity index (χ3n) is 3.66. The number of hydrogen-bond acceptors (Lipinski definition) is 2. The zero-order chi connectivity index (χ0) is 14.0. The predicted octanol–water partition coefficient (Wildman–Crippen LogP) is 3.40. The minimum atomic E-state index is -0.310. The van der Waals surface area contributed by atoms with Crippen LogP contribution in [0.5, 0.6) is 5.75 Å². The van der Waals surface area contributed by atoms with Gasteiger partial charge in [-0.25, -0.2) is 0 Å². The molecule has 3 heteroatoms. The Labute approximate surface area is 115 Å². The van der Waals surface area contributed by atoms with Gasteiger partial charge in [-0.3, -0.25) is 4.79 Å². The number of amides is 1. The summed E-state index contributed by atoms with van der Waals surface area (Å²) in [5.41, 5.74) is 0.894. The fourth-order valence-electron chi connectivity index (χ4n) is 2.61. The summed E-state index contributed by atoms with van der Waals surface area (Å²) in [6.45, 7) is 6.82. The number of likely N-dealkylation sites (tertiary alicyclic amines) is 1. The second-order valence-corrected chi connectivity index (χ2v) is 6.18. The highest BCUT2D eigenvalue weighted by molar-refractivity contribution is 5.82. The van der Waals surface area contributed by atoms with Gasteiger partial charge in [0.2, 0.25) is 5.91 Å². The molecule has 1 atom stereocenters. The first-order chi connectivity index (χ1) is 8.93. The van der Waals surface area contributed by atoms with Gasteiger partial charge in [0, 0.05) is 12.0 Å². The largest absolute Gasteiger partial charge is 0.497 e. The molecule has 0 saturated carbocycles. The van der Waals surface area contributed by atoms with Gasteiger partial charge in [0.1, 0.15) is 5.75 Å². The highest BCUT2D eigenvalue weighted by Gasteiger charge is 2.35. The molecule has 104 valence electrons. The molecule has 3 nitrogen and oxygen atoms in total. The van der Waals surface area contributed by atoms with Crippen molar-refractivity contribution in [2.24, 2.45) is 5.41 Å². The molecule has 19 heavy (non-hydrogen) atoms. The molecule has 1 heterocycles. The standard InChI is InChI=1S/C16H23NO2/c1-16(2,3)15(18)17-11-5-6-14(17)12-7-9-13(19-4)10-8-12/h7-10,14H,5-6,11H2,1-4H3. The summed E-state index contributed by atoms with van der Waals surface area (Å²) in [6, 6.07) is 8.29. The first-order valence-electron chi connectivity index (χ1n) is 6.88. The number of carbonyl (C=O) groups is 1. The van der Waals surface area contributed by atoms with Crippen LogP contribution in [-0.2, 0) is 4.79 Å². The van der Waals surface area contributed by atoms with Crippen LogP contribution < -0.4 is 4.74 Å². The van der Waals surface area contributed by atoms with Crippen LogP contribution in [0.1, 0.15) is 45.2 Å². The molecule has 0 spiro atoms. The lowest BCUT2D eigenvalue weighted by Gasteiger charge is -2.31. The molecule has 1 unspecified atom stereocenters. The first-order valence-corrected chi connectivity index (χ1v) is 6.88. The molecule has 0 aromatic heterocycles. The summed E-state index contributed by atoms with van der Waals surface area (Å²) in [6.07, 6.45) is 2.13. The van der Waals surface area contributed by atoms with E-state index in [2.05, 4.69) is 12.1 Å². The maximum absolute atomic E-state index is 12.5. The molecule has 1 aliphatic rings. The number of rotatable bonds is 2. The number of carbonyl (C=O) groups excluding carboxylic acids is 1. The fourth-order valence-corrected chi connectivity index (χ4v) is 2.61. The number of benzene rings is 1. The average molecular weight is 261 g/mol. The Morgan fingerprint density at radius 3 is 2.42 bits per heavy atom. The second-order valence-electron chi connectivity index (χ2n) is 6.18. The van der Waals surface area contributed by atoms with Gasteiger partial charge < -0.3 is 9.64 Å². The molecule has 1 aliphatic heterocycles. The number of ether oxygens (including phenoxy) is 1. The minimum Gasteiger partial charge on any atom is -0.497 e. The van der Waals surface area contributed by atoms with Crippen molar-refractivity contribution in [3.8, 4) is 5.75 Å². The summed E-state index contributed by atoms with van der Waals surface area (Å²) in [7, 11) is 1.67. The van der Waals surface area contributed by atoms with Gasteiger partial charge in [0.25, 0.3) is 0 Å². The third-order valence-corrected chi connectivity index (χ3v) is 3.66. The normalized spacial score (nSPS) is 19.6. The molecule has 1 aromatic rings. The van der Waals surface area contributed by atoms with Crippen molar-refractivity contribution in [2.45, 2.75) is 39.7 Å². The molecular formula is C16H23NO2. The third kappa shape index (κ3) is 2.91. The monoisotopic (exact) mass is 261 g/mol. The van der Waals surface area contributed by atoms with Crippen molar-refractivity contribution in [1.29, 1.82) is 0 Å². The summed E-state index contributed by atoms with van der Waals surface area (Å²) < 4.78 is 5.18. The lowest BCUT2D eigenvalue weighted by atomic mass is 9.93. The van der Waals surface area contributed by atoms with E-state index in [4.69, 9.17) is 4.74 Å². The van der Waals surface area contributed by atoms with Gasteiger partial charge in [-0.05, 0) is 30.5 Å². The Bertz CT molecular complexity index is 445. The van der Waals surface area contributed by atoms with E-state index in [1.54, 1.807) is 7.11 Å². The second kappa shape index (κ2) is 5.24. The van der Waals surface area contributed by atoms with E-state index in [0.717, 1.165) is 25.1 Å². The minimum absolute atomic E-state index is 0.220. The van der Waals surface area contributed by atoms with Crippen LogP contribution >= 0.6 is 0 Å². The Hall–Kier alpha value is -1.51. The van der Waals surface area contributed by atoms with Gasteiger partial charge in [-0.2, -0.15) is 0 Å². The number of hydrogen-bond donors (Lipinski definition) is 0. The number of methoxy groups -OCH3 is 1. The number of nitrogens with zero attached hydrogens (tertiary/aromatic N) is 1. The summed E-state index contributed by atoms with van der Waals surface area (Å²) in [5, 5.41) is 0. The average Bonchev–Trinajstić information content (AvgIpc) is 2.85. The zero-order valence-corrected chi connectivity index (χ0v) is 12.3. The summed E-state index contributed by atoms with van der Waals surface area (Å²) >= 11 is 0. The Morgan fingerprint density at radius 1 is 1.26 bits per heavy atom. The molecule has 2 rings (SSSR count). The lowest BCUT2D eigenvalue weighted by Crippen LogP contribution is -2.38. The Balaban J connectivity index is 2.20. The van der Waals surface area contributed by atoms with Crippen molar-refractivity contribution >= 4 is 5.91 Å². The molecule has 1 amide bonds. The highest BCUT2D eigenvalue weighted by Crippen LogP contribution is 2.35. The van der Waals surface area contributed by atoms with E-state index in [1.165, 1.54) is 5.56 Å². The van der Waals surface area contributed by atoms with Crippen LogP contribution in [0.15, 0.2) is 24.3 Å². The molecule has 0 N–H and O–H groups in total. The highest BCUT2D eigenvalue weighted by atomic mass is 16.5.